The van der Waals surface area contributed by atoms with E-state index in [0.29, 0.717) is 28.8 Å². The molecule has 2 aromatic heterocycles. The molecule has 32 heavy (non-hydrogen) atoms. The molecule has 0 spiro atoms. The van der Waals surface area contributed by atoms with Gasteiger partial charge < -0.3 is 10.1 Å². The van der Waals surface area contributed by atoms with Crippen molar-refractivity contribution < 1.29 is 9.90 Å². The highest BCUT2D eigenvalue weighted by atomic mass is 16.3. The van der Waals surface area contributed by atoms with Gasteiger partial charge in [0.25, 0.3) is 5.91 Å². The molecule has 9 heteroatoms. The van der Waals surface area contributed by atoms with Gasteiger partial charge in [0.1, 0.15) is 0 Å². The first-order chi connectivity index (χ1) is 15.7. The molecule has 0 unspecified atom stereocenters. The molecule has 9 nitrogen and oxygen atoms in total. The van der Waals surface area contributed by atoms with Crippen LogP contribution in [0.5, 0.6) is 5.88 Å². The molecular formula is C23H17N7O2. The summed E-state index contributed by atoms with van der Waals surface area (Å²) in [5.41, 5.74) is 3.13. The van der Waals surface area contributed by atoms with E-state index in [-0.39, 0.29) is 11.6 Å². The van der Waals surface area contributed by atoms with Crippen LogP contribution in [0.2, 0.25) is 0 Å². The third-order valence-corrected chi connectivity index (χ3v) is 4.91. The van der Waals surface area contributed by atoms with Gasteiger partial charge in [-0.05, 0) is 29.0 Å². The van der Waals surface area contributed by atoms with E-state index in [4.69, 9.17) is 0 Å². The summed E-state index contributed by atoms with van der Waals surface area (Å²) in [6.07, 6.45) is 0. The summed E-state index contributed by atoms with van der Waals surface area (Å²) in [6, 6.07) is 23.8. The highest BCUT2D eigenvalue weighted by Gasteiger charge is 2.11. The smallest absolute Gasteiger partial charge is 0.295 e. The van der Waals surface area contributed by atoms with E-state index in [1.807, 2.05) is 42.5 Å². The molecule has 0 bridgehead atoms. The number of nitrogens with one attached hydrogen (secondary N) is 1. The third kappa shape index (κ3) is 3.86. The fourth-order valence-corrected chi connectivity index (χ4v) is 3.30. The van der Waals surface area contributed by atoms with Crippen molar-refractivity contribution >= 4 is 22.5 Å². The maximum Gasteiger partial charge on any atom is 0.295 e. The summed E-state index contributed by atoms with van der Waals surface area (Å²) in [4.78, 5) is 16.7. The van der Waals surface area contributed by atoms with Crippen LogP contribution in [0.1, 0.15) is 15.9 Å². The first kappa shape index (κ1) is 19.3. The van der Waals surface area contributed by atoms with Gasteiger partial charge >= 0.3 is 0 Å². The minimum atomic E-state index is -0.508. The molecule has 5 aromatic rings. The molecule has 3 aromatic carbocycles. The Morgan fingerprint density at radius 2 is 1.72 bits per heavy atom. The molecule has 0 saturated carbocycles. The lowest BCUT2D eigenvalue weighted by Gasteiger charge is -2.01. The lowest BCUT2D eigenvalue weighted by atomic mass is 10.1. The fourth-order valence-electron chi connectivity index (χ4n) is 3.30. The topological polar surface area (TPSA) is 121 Å². The summed E-state index contributed by atoms with van der Waals surface area (Å²) in [6.45, 7) is 0.416. The maximum absolute atomic E-state index is 12.4. The number of azo groups is 1. The Hall–Kier alpha value is -4.66. The molecule has 2 heterocycles. The lowest BCUT2D eigenvalue weighted by Crippen LogP contribution is -2.04. The van der Waals surface area contributed by atoms with Crippen molar-refractivity contribution in [3.05, 3.63) is 90.0 Å². The third-order valence-electron chi connectivity index (χ3n) is 4.91. The van der Waals surface area contributed by atoms with Gasteiger partial charge in [0, 0.05) is 16.5 Å². The molecule has 1 amide bonds. The number of H-pyrrole nitrogens is 1. The van der Waals surface area contributed by atoms with E-state index >= 15 is 0 Å². The number of fused-ring (bicyclic) bond motifs is 1. The number of rotatable bonds is 5. The maximum atomic E-state index is 12.4. The van der Waals surface area contributed by atoms with Crippen LogP contribution in [0.15, 0.2) is 89.1 Å². The Morgan fingerprint density at radius 3 is 2.53 bits per heavy atom. The van der Waals surface area contributed by atoms with E-state index in [1.165, 1.54) is 4.80 Å². The molecule has 0 atom stereocenters. The average Bonchev–Trinajstić information content (AvgIpc) is 3.42. The van der Waals surface area contributed by atoms with Crippen molar-refractivity contribution in [1.82, 2.24) is 25.2 Å². The first-order valence-corrected chi connectivity index (χ1v) is 9.85. The van der Waals surface area contributed by atoms with Gasteiger partial charge in [-0.3, -0.25) is 4.79 Å². The van der Waals surface area contributed by atoms with Crippen LogP contribution in [0.25, 0.3) is 22.3 Å². The summed E-state index contributed by atoms with van der Waals surface area (Å²) in [7, 11) is 0. The molecule has 0 aliphatic rings. The molecule has 2 N–H and O–H groups in total. The number of amides is 1. The molecule has 0 aliphatic heterocycles. The monoisotopic (exact) mass is 423 g/mol. The number of carbonyl (C=O) groups is 1. The molecular weight excluding hydrogens is 406 g/mol. The molecule has 0 saturated heterocycles. The number of hydrogen-bond acceptors (Lipinski definition) is 6. The number of aromatic hydroxyl groups is 1. The van der Waals surface area contributed by atoms with Crippen molar-refractivity contribution in [2.45, 2.75) is 6.54 Å². The Balaban J connectivity index is 1.28. The van der Waals surface area contributed by atoms with Crippen LogP contribution < -0.4 is 0 Å². The minimum Gasteiger partial charge on any atom is -0.493 e. The highest BCUT2D eigenvalue weighted by Crippen LogP contribution is 2.35. The van der Waals surface area contributed by atoms with E-state index < -0.39 is 5.91 Å². The van der Waals surface area contributed by atoms with Gasteiger partial charge in [-0.1, -0.05) is 60.7 Å². The largest absolute Gasteiger partial charge is 0.493 e. The van der Waals surface area contributed by atoms with Gasteiger partial charge in [0.15, 0.2) is 5.69 Å². The number of tetrazole rings is 1. The zero-order valence-corrected chi connectivity index (χ0v) is 16.8. The van der Waals surface area contributed by atoms with Crippen LogP contribution in [-0.2, 0) is 6.54 Å². The number of aromatic amines is 1. The number of aromatic nitrogens is 5. The summed E-state index contributed by atoms with van der Waals surface area (Å²) in [5.74, 6) is -0.0851. The predicted molar refractivity (Wildman–Crippen MR) is 118 cm³/mol. The summed E-state index contributed by atoms with van der Waals surface area (Å²) >= 11 is 0. The van der Waals surface area contributed by atoms with Gasteiger partial charge in [-0.2, -0.15) is 4.80 Å². The zero-order chi connectivity index (χ0) is 21.9. The zero-order valence-electron chi connectivity index (χ0n) is 16.8. The highest BCUT2D eigenvalue weighted by molar-refractivity contribution is 5.96. The number of hydrogen-bond donors (Lipinski definition) is 2. The van der Waals surface area contributed by atoms with E-state index in [0.717, 1.165) is 11.1 Å². The normalized spacial score (nSPS) is 11.4. The number of carbonyl (C=O) groups excluding carboxylic acids is 1. The van der Waals surface area contributed by atoms with Crippen molar-refractivity contribution in [2.24, 2.45) is 10.2 Å². The van der Waals surface area contributed by atoms with Crippen molar-refractivity contribution in [3.63, 3.8) is 0 Å². The van der Waals surface area contributed by atoms with Crippen LogP contribution in [0.3, 0.4) is 0 Å². The lowest BCUT2D eigenvalue weighted by molar-refractivity contribution is 0.0995. The SMILES string of the molecule is O=C(N=Nc1c(O)[nH]c2ccccc12)c1ccc(Cn2nnc(-c3ccccc3)n2)cc1. The van der Waals surface area contributed by atoms with Gasteiger partial charge in [0.05, 0.1) is 12.1 Å². The van der Waals surface area contributed by atoms with Crippen LogP contribution in [0.4, 0.5) is 5.69 Å². The average molecular weight is 423 g/mol. The van der Waals surface area contributed by atoms with E-state index in [9.17, 15) is 9.90 Å². The number of nitrogens with zero attached hydrogens (tertiary/aromatic N) is 6. The quantitative estimate of drug-likeness (QED) is 0.403. The van der Waals surface area contributed by atoms with Crippen LogP contribution >= 0.6 is 0 Å². The minimum absolute atomic E-state index is 0.131. The van der Waals surface area contributed by atoms with Crippen LogP contribution in [-0.4, -0.2) is 36.2 Å². The molecule has 0 radical (unpaired) electrons. The Kier molecular flexibility index (Phi) is 4.97. The molecule has 156 valence electrons. The van der Waals surface area contributed by atoms with Crippen molar-refractivity contribution in [2.75, 3.05) is 0 Å². The molecule has 5 rings (SSSR count). The van der Waals surface area contributed by atoms with Crippen LogP contribution in [0, 0.1) is 0 Å². The van der Waals surface area contributed by atoms with E-state index in [1.54, 1.807) is 36.4 Å². The Bertz CT molecular complexity index is 1420. The van der Waals surface area contributed by atoms with Crippen molar-refractivity contribution in [1.29, 1.82) is 0 Å². The first-order valence-electron chi connectivity index (χ1n) is 9.85. The summed E-state index contributed by atoms with van der Waals surface area (Å²) in [5, 5.41) is 31.0. The molecule has 0 aliphatic carbocycles. The number of benzene rings is 3. The second-order valence-corrected chi connectivity index (χ2v) is 7.08. The Labute approximate surface area is 182 Å². The van der Waals surface area contributed by atoms with Gasteiger partial charge in [-0.15, -0.1) is 20.4 Å². The Morgan fingerprint density at radius 1 is 0.969 bits per heavy atom. The van der Waals surface area contributed by atoms with Crippen molar-refractivity contribution in [3.8, 4) is 17.3 Å². The van der Waals surface area contributed by atoms with Gasteiger partial charge in [0.2, 0.25) is 11.7 Å². The predicted octanol–water partition coefficient (Wildman–Crippen LogP) is 4.50. The summed E-state index contributed by atoms with van der Waals surface area (Å²) < 4.78 is 0. The fraction of sp³-hybridized carbons (Fsp3) is 0.0435. The second-order valence-electron chi connectivity index (χ2n) is 7.08. The van der Waals surface area contributed by atoms with E-state index in [2.05, 4.69) is 30.6 Å². The standard InChI is InChI=1S/C23H17N7O2/c31-22(27-25-20-18-8-4-5-9-19(18)24-23(20)32)17-12-10-15(11-13-17)14-30-28-21(26-29-30)16-6-2-1-3-7-16/h1-13,24,32H,14H2. The molecule has 0 fully saturated rings. The number of para-hydroxylation sites is 1. The van der Waals surface area contributed by atoms with Gasteiger partial charge in [-0.25, -0.2) is 0 Å². The second kappa shape index (κ2) is 8.23.